The first kappa shape index (κ1) is 25.9. The summed E-state index contributed by atoms with van der Waals surface area (Å²) in [6.07, 6.45) is 4.84. The lowest BCUT2D eigenvalue weighted by Crippen LogP contribution is -2.30. The molecule has 0 bridgehead atoms. The van der Waals surface area contributed by atoms with E-state index < -0.39 is 54.5 Å². The molecule has 28 heavy (non-hydrogen) atoms. The summed E-state index contributed by atoms with van der Waals surface area (Å²) in [5.74, 6) is -7.64. The summed E-state index contributed by atoms with van der Waals surface area (Å²) in [5, 5.41) is 36.6. The zero-order valence-corrected chi connectivity index (χ0v) is 16.8. The molecular weight excluding hydrogens is 368 g/mol. The number of unbranched alkanes of at least 4 members (excludes halogenated alkanes) is 4. The molecule has 8 heteroatoms. The maximum absolute atomic E-state index is 11.6. The van der Waals surface area contributed by atoms with Gasteiger partial charge in [0.05, 0.1) is 24.7 Å². The molecule has 8 nitrogen and oxygen atoms in total. The first-order valence-corrected chi connectivity index (χ1v) is 9.93. The van der Waals surface area contributed by atoms with Gasteiger partial charge in [-0.3, -0.25) is 19.2 Å². The highest BCUT2D eigenvalue weighted by molar-refractivity contribution is 5.79. The van der Waals surface area contributed by atoms with Crippen LogP contribution in [0.5, 0.6) is 0 Å². The number of aliphatic carboxylic acids is 4. The van der Waals surface area contributed by atoms with Gasteiger partial charge in [-0.2, -0.15) is 0 Å². The van der Waals surface area contributed by atoms with Crippen LogP contribution in [0.3, 0.4) is 0 Å². The van der Waals surface area contributed by atoms with Gasteiger partial charge in [-0.05, 0) is 24.7 Å². The van der Waals surface area contributed by atoms with Crippen LogP contribution in [0.4, 0.5) is 0 Å². The fraction of sp³-hybridized carbons (Fsp3) is 0.800. The highest BCUT2D eigenvalue weighted by Gasteiger charge is 2.34. The van der Waals surface area contributed by atoms with Gasteiger partial charge in [0.2, 0.25) is 0 Å². The SMILES string of the molecule is CC(C)CCCCCCCC(CC(CC(=O)O)C(=O)O)C(CC(=O)O)C(=O)O. The molecule has 4 N–H and O–H groups in total. The molecule has 0 heterocycles. The van der Waals surface area contributed by atoms with Gasteiger partial charge < -0.3 is 20.4 Å². The molecule has 0 amide bonds. The average Bonchev–Trinajstić information content (AvgIpc) is 2.55. The van der Waals surface area contributed by atoms with Crippen molar-refractivity contribution in [2.75, 3.05) is 0 Å². The molecule has 3 atom stereocenters. The van der Waals surface area contributed by atoms with Crippen molar-refractivity contribution in [2.24, 2.45) is 23.7 Å². The smallest absolute Gasteiger partial charge is 0.307 e. The van der Waals surface area contributed by atoms with E-state index in [2.05, 4.69) is 13.8 Å². The number of carboxylic acid groups (broad SMARTS) is 4. The van der Waals surface area contributed by atoms with E-state index in [9.17, 15) is 29.4 Å². The van der Waals surface area contributed by atoms with Gasteiger partial charge >= 0.3 is 23.9 Å². The lowest BCUT2D eigenvalue weighted by Gasteiger charge is -2.25. The van der Waals surface area contributed by atoms with Crippen LogP contribution < -0.4 is 0 Å². The van der Waals surface area contributed by atoms with Crippen molar-refractivity contribution in [3.63, 3.8) is 0 Å². The van der Waals surface area contributed by atoms with E-state index in [4.69, 9.17) is 10.2 Å². The lowest BCUT2D eigenvalue weighted by molar-refractivity contribution is -0.153. The van der Waals surface area contributed by atoms with Crippen LogP contribution in [0.25, 0.3) is 0 Å². The van der Waals surface area contributed by atoms with Crippen LogP contribution in [0, 0.1) is 23.7 Å². The minimum Gasteiger partial charge on any atom is -0.481 e. The van der Waals surface area contributed by atoms with Crippen molar-refractivity contribution in [1.82, 2.24) is 0 Å². The maximum Gasteiger partial charge on any atom is 0.307 e. The fourth-order valence-electron chi connectivity index (χ4n) is 3.46. The summed E-state index contributed by atoms with van der Waals surface area (Å²) in [6, 6.07) is 0. The monoisotopic (exact) mass is 402 g/mol. The molecule has 3 unspecified atom stereocenters. The topological polar surface area (TPSA) is 149 Å². The Hall–Kier alpha value is -2.12. The molecular formula is C20H34O8. The third kappa shape index (κ3) is 12.3. The lowest BCUT2D eigenvalue weighted by atomic mass is 9.78. The third-order valence-corrected chi connectivity index (χ3v) is 4.99. The predicted molar refractivity (Wildman–Crippen MR) is 102 cm³/mol. The molecule has 0 aliphatic heterocycles. The molecule has 0 aromatic rings. The van der Waals surface area contributed by atoms with E-state index in [-0.39, 0.29) is 6.42 Å². The van der Waals surface area contributed by atoms with E-state index in [1.165, 1.54) is 0 Å². The zero-order valence-electron chi connectivity index (χ0n) is 16.8. The Morgan fingerprint density at radius 2 is 1.18 bits per heavy atom. The van der Waals surface area contributed by atoms with Gasteiger partial charge in [0, 0.05) is 0 Å². The fourth-order valence-corrected chi connectivity index (χ4v) is 3.46. The molecule has 0 aromatic carbocycles. The van der Waals surface area contributed by atoms with Crippen molar-refractivity contribution < 1.29 is 39.6 Å². The standard InChI is InChI=1S/C20H34O8/c1-13(2)8-6-4-3-5-7-9-14(16(20(27)28)12-18(23)24)10-15(19(25)26)11-17(21)22/h13-16H,3-12H2,1-2H3,(H,21,22)(H,23,24)(H,25,26)(H,27,28). The Bertz CT molecular complexity index is 514. The summed E-state index contributed by atoms with van der Waals surface area (Å²) >= 11 is 0. The van der Waals surface area contributed by atoms with Crippen LogP contribution >= 0.6 is 0 Å². The Balaban J connectivity index is 4.91. The van der Waals surface area contributed by atoms with Gasteiger partial charge in [-0.25, -0.2) is 0 Å². The molecule has 0 aliphatic carbocycles. The highest BCUT2D eigenvalue weighted by atomic mass is 16.4. The van der Waals surface area contributed by atoms with E-state index in [1.807, 2.05) is 0 Å². The molecule has 0 fully saturated rings. The van der Waals surface area contributed by atoms with Crippen molar-refractivity contribution in [3.8, 4) is 0 Å². The van der Waals surface area contributed by atoms with Crippen molar-refractivity contribution >= 4 is 23.9 Å². The second-order valence-corrected chi connectivity index (χ2v) is 7.91. The molecule has 162 valence electrons. The van der Waals surface area contributed by atoms with Crippen LogP contribution in [0.2, 0.25) is 0 Å². The Morgan fingerprint density at radius 1 is 0.679 bits per heavy atom. The van der Waals surface area contributed by atoms with E-state index >= 15 is 0 Å². The predicted octanol–water partition coefficient (Wildman–Crippen LogP) is 3.73. The summed E-state index contributed by atoms with van der Waals surface area (Å²) in [7, 11) is 0. The zero-order chi connectivity index (χ0) is 21.7. The Morgan fingerprint density at radius 3 is 1.61 bits per heavy atom. The van der Waals surface area contributed by atoms with Gasteiger partial charge in [0.15, 0.2) is 0 Å². The second-order valence-electron chi connectivity index (χ2n) is 7.91. The maximum atomic E-state index is 11.6. The molecule has 0 saturated carbocycles. The van der Waals surface area contributed by atoms with Crippen molar-refractivity contribution in [2.45, 2.75) is 78.1 Å². The van der Waals surface area contributed by atoms with Gasteiger partial charge in [0.25, 0.3) is 0 Å². The number of carboxylic acids is 4. The summed E-state index contributed by atoms with van der Waals surface area (Å²) in [4.78, 5) is 44.9. The molecule has 0 aliphatic rings. The first-order valence-electron chi connectivity index (χ1n) is 9.93. The molecule has 0 saturated heterocycles. The molecule has 0 spiro atoms. The van der Waals surface area contributed by atoms with E-state index in [0.29, 0.717) is 18.8 Å². The molecule has 0 radical (unpaired) electrons. The van der Waals surface area contributed by atoms with Crippen LogP contribution in [-0.2, 0) is 19.2 Å². The second kappa shape index (κ2) is 14.0. The quantitative estimate of drug-likeness (QED) is 0.269. The van der Waals surface area contributed by atoms with Crippen LogP contribution in [-0.4, -0.2) is 44.3 Å². The largest absolute Gasteiger partial charge is 0.481 e. The number of rotatable bonds is 17. The number of hydrogen-bond acceptors (Lipinski definition) is 4. The summed E-state index contributed by atoms with van der Waals surface area (Å²) in [5.41, 5.74) is 0. The van der Waals surface area contributed by atoms with Crippen LogP contribution in [0.1, 0.15) is 78.1 Å². The Labute approximate surface area is 165 Å². The van der Waals surface area contributed by atoms with E-state index in [0.717, 1.165) is 32.1 Å². The van der Waals surface area contributed by atoms with Gasteiger partial charge in [-0.1, -0.05) is 52.4 Å². The van der Waals surface area contributed by atoms with Gasteiger partial charge in [0.1, 0.15) is 0 Å². The average molecular weight is 402 g/mol. The van der Waals surface area contributed by atoms with Crippen molar-refractivity contribution in [3.05, 3.63) is 0 Å². The molecule has 0 aromatic heterocycles. The van der Waals surface area contributed by atoms with Crippen LogP contribution in [0.15, 0.2) is 0 Å². The number of hydrogen-bond donors (Lipinski definition) is 4. The molecule has 0 rings (SSSR count). The summed E-state index contributed by atoms with van der Waals surface area (Å²) in [6.45, 7) is 4.32. The summed E-state index contributed by atoms with van der Waals surface area (Å²) < 4.78 is 0. The van der Waals surface area contributed by atoms with Crippen molar-refractivity contribution in [1.29, 1.82) is 0 Å². The normalized spacial score (nSPS) is 14.4. The minimum atomic E-state index is -1.31. The first-order chi connectivity index (χ1) is 13.0. The van der Waals surface area contributed by atoms with Gasteiger partial charge in [-0.15, -0.1) is 0 Å². The van der Waals surface area contributed by atoms with E-state index in [1.54, 1.807) is 0 Å². The Kier molecular flexibility index (Phi) is 12.9. The number of carbonyl (C=O) groups is 4. The minimum absolute atomic E-state index is 0.154. The third-order valence-electron chi connectivity index (χ3n) is 4.99. The highest BCUT2D eigenvalue weighted by Crippen LogP contribution is 2.31.